The molecule has 0 aromatic carbocycles. The third-order valence-corrected chi connectivity index (χ3v) is 2.78. The van der Waals surface area contributed by atoms with Gasteiger partial charge in [-0.3, -0.25) is 4.79 Å². The predicted molar refractivity (Wildman–Crippen MR) is 65.0 cm³/mol. The molecule has 0 spiro atoms. The fraction of sp³-hybridized carbons (Fsp3) is 0.333. The van der Waals surface area contributed by atoms with Crippen LogP contribution in [-0.4, -0.2) is 29.4 Å². The van der Waals surface area contributed by atoms with Gasteiger partial charge in [-0.25, -0.2) is 4.98 Å². The second-order valence-electron chi connectivity index (χ2n) is 2.74. The fourth-order valence-electron chi connectivity index (χ4n) is 0.949. The molecule has 0 unspecified atom stereocenters. The summed E-state index contributed by atoms with van der Waals surface area (Å²) in [6.07, 6.45) is 3.34. The summed E-state index contributed by atoms with van der Waals surface area (Å²) in [6.45, 7) is 0.607. The number of nitrogens with zero attached hydrogens (tertiary/aromatic N) is 1. The van der Waals surface area contributed by atoms with Crippen molar-refractivity contribution in [3.63, 3.8) is 0 Å². The Morgan fingerprint density at radius 1 is 1.60 bits per heavy atom. The SMILES string of the molecule is CSCCNC(=O)c1cc(Cl)ncc1Cl. The highest BCUT2D eigenvalue weighted by atomic mass is 35.5. The van der Waals surface area contributed by atoms with E-state index in [0.29, 0.717) is 17.1 Å². The van der Waals surface area contributed by atoms with Crippen molar-refractivity contribution in [3.8, 4) is 0 Å². The van der Waals surface area contributed by atoms with E-state index in [1.807, 2.05) is 6.26 Å². The molecule has 1 aromatic heterocycles. The molecule has 1 amide bonds. The molecule has 0 fully saturated rings. The van der Waals surface area contributed by atoms with Crippen LogP contribution in [-0.2, 0) is 0 Å². The molecule has 0 aliphatic heterocycles. The molecule has 1 aromatic rings. The molecule has 1 heterocycles. The van der Waals surface area contributed by atoms with Crippen molar-refractivity contribution >= 4 is 40.9 Å². The average Bonchev–Trinajstić information content (AvgIpc) is 2.22. The van der Waals surface area contributed by atoms with Crippen molar-refractivity contribution in [1.29, 1.82) is 0 Å². The Kier molecular flexibility index (Phi) is 5.22. The maximum Gasteiger partial charge on any atom is 0.252 e. The smallest absolute Gasteiger partial charge is 0.252 e. The summed E-state index contributed by atoms with van der Waals surface area (Å²) in [5.41, 5.74) is 0.359. The Labute approximate surface area is 103 Å². The third-order valence-electron chi connectivity index (χ3n) is 1.66. The molecule has 1 N–H and O–H groups in total. The first-order valence-corrected chi connectivity index (χ1v) is 6.38. The second kappa shape index (κ2) is 6.20. The van der Waals surface area contributed by atoms with Gasteiger partial charge in [-0.2, -0.15) is 11.8 Å². The lowest BCUT2D eigenvalue weighted by Gasteiger charge is -2.05. The molecular weight excluding hydrogens is 255 g/mol. The molecule has 1 rings (SSSR count). The van der Waals surface area contributed by atoms with Crippen molar-refractivity contribution in [1.82, 2.24) is 10.3 Å². The predicted octanol–water partition coefficient (Wildman–Crippen LogP) is 2.48. The lowest BCUT2D eigenvalue weighted by Crippen LogP contribution is -2.26. The Morgan fingerprint density at radius 3 is 3.00 bits per heavy atom. The van der Waals surface area contributed by atoms with Crippen LogP contribution in [0, 0.1) is 0 Å². The highest BCUT2D eigenvalue weighted by Gasteiger charge is 2.10. The summed E-state index contributed by atoms with van der Waals surface area (Å²) in [7, 11) is 0. The molecule has 0 saturated heterocycles. The lowest BCUT2D eigenvalue weighted by atomic mass is 10.2. The molecular formula is C9H10Cl2N2OS. The zero-order valence-corrected chi connectivity index (χ0v) is 10.4. The Morgan fingerprint density at radius 2 is 2.33 bits per heavy atom. The van der Waals surface area contributed by atoms with Crippen LogP contribution >= 0.6 is 35.0 Å². The van der Waals surface area contributed by atoms with Gasteiger partial charge in [0.1, 0.15) is 5.15 Å². The normalized spacial score (nSPS) is 10.1. The van der Waals surface area contributed by atoms with E-state index in [2.05, 4.69) is 10.3 Å². The number of pyridine rings is 1. The van der Waals surface area contributed by atoms with Crippen LogP contribution in [0.25, 0.3) is 0 Å². The number of halogens is 2. The Balaban J connectivity index is 2.68. The van der Waals surface area contributed by atoms with Crippen LogP contribution in [0.5, 0.6) is 0 Å². The quantitative estimate of drug-likeness (QED) is 0.671. The van der Waals surface area contributed by atoms with Crippen LogP contribution < -0.4 is 5.32 Å². The van der Waals surface area contributed by atoms with Crippen molar-refractivity contribution < 1.29 is 4.79 Å². The van der Waals surface area contributed by atoms with E-state index in [9.17, 15) is 4.79 Å². The molecule has 0 saturated carbocycles. The molecule has 0 radical (unpaired) electrons. The van der Waals surface area contributed by atoms with E-state index in [0.717, 1.165) is 5.75 Å². The topological polar surface area (TPSA) is 42.0 Å². The third kappa shape index (κ3) is 3.89. The minimum Gasteiger partial charge on any atom is -0.351 e. The molecule has 82 valence electrons. The maximum absolute atomic E-state index is 11.6. The van der Waals surface area contributed by atoms with E-state index >= 15 is 0 Å². The van der Waals surface area contributed by atoms with Crippen LogP contribution in [0.15, 0.2) is 12.3 Å². The van der Waals surface area contributed by atoms with Gasteiger partial charge in [0, 0.05) is 18.5 Å². The summed E-state index contributed by atoms with van der Waals surface area (Å²) < 4.78 is 0. The van der Waals surface area contributed by atoms with Gasteiger partial charge >= 0.3 is 0 Å². The second-order valence-corrected chi connectivity index (χ2v) is 4.52. The first-order chi connectivity index (χ1) is 7.15. The molecule has 0 atom stereocenters. The largest absolute Gasteiger partial charge is 0.351 e. The van der Waals surface area contributed by atoms with Gasteiger partial charge in [0.25, 0.3) is 5.91 Å². The van der Waals surface area contributed by atoms with Gasteiger partial charge in [0.15, 0.2) is 0 Å². The highest BCUT2D eigenvalue weighted by molar-refractivity contribution is 7.98. The van der Waals surface area contributed by atoms with Gasteiger partial charge in [0.05, 0.1) is 10.6 Å². The van der Waals surface area contributed by atoms with Gasteiger partial charge in [0.2, 0.25) is 0 Å². The Hall–Kier alpha value is -0.450. The fourth-order valence-corrected chi connectivity index (χ4v) is 1.60. The molecule has 3 nitrogen and oxygen atoms in total. The molecule has 15 heavy (non-hydrogen) atoms. The minimum atomic E-state index is -0.224. The summed E-state index contributed by atoms with van der Waals surface area (Å²) in [6, 6.07) is 1.46. The number of amides is 1. The van der Waals surface area contributed by atoms with E-state index in [4.69, 9.17) is 23.2 Å². The first kappa shape index (κ1) is 12.6. The average molecular weight is 265 g/mol. The zero-order chi connectivity index (χ0) is 11.3. The summed E-state index contributed by atoms with van der Waals surface area (Å²) in [5.74, 6) is 0.640. The number of carbonyl (C=O) groups is 1. The maximum atomic E-state index is 11.6. The van der Waals surface area contributed by atoms with Crippen LogP contribution in [0.1, 0.15) is 10.4 Å². The van der Waals surface area contributed by atoms with Crippen molar-refractivity contribution in [2.24, 2.45) is 0 Å². The van der Waals surface area contributed by atoms with Gasteiger partial charge in [-0.1, -0.05) is 23.2 Å². The van der Waals surface area contributed by atoms with E-state index in [1.165, 1.54) is 12.3 Å². The van der Waals surface area contributed by atoms with Crippen LogP contribution in [0.4, 0.5) is 0 Å². The van der Waals surface area contributed by atoms with Crippen LogP contribution in [0.3, 0.4) is 0 Å². The van der Waals surface area contributed by atoms with E-state index in [1.54, 1.807) is 11.8 Å². The zero-order valence-electron chi connectivity index (χ0n) is 8.09. The molecule has 0 bridgehead atoms. The number of hydrogen-bond acceptors (Lipinski definition) is 3. The van der Waals surface area contributed by atoms with E-state index < -0.39 is 0 Å². The number of nitrogens with one attached hydrogen (secondary N) is 1. The number of aromatic nitrogens is 1. The van der Waals surface area contributed by atoms with Gasteiger partial charge < -0.3 is 5.32 Å². The first-order valence-electron chi connectivity index (χ1n) is 4.23. The Bertz CT molecular complexity index is 360. The van der Waals surface area contributed by atoms with Gasteiger partial charge in [-0.05, 0) is 12.3 Å². The van der Waals surface area contributed by atoms with Crippen LogP contribution in [0.2, 0.25) is 10.2 Å². The summed E-state index contributed by atoms with van der Waals surface area (Å²) in [4.78, 5) is 15.4. The highest BCUT2D eigenvalue weighted by Crippen LogP contribution is 2.17. The number of rotatable bonds is 4. The van der Waals surface area contributed by atoms with Crippen molar-refractivity contribution in [2.45, 2.75) is 0 Å². The number of hydrogen-bond donors (Lipinski definition) is 1. The number of thioether (sulfide) groups is 1. The molecule has 0 aliphatic rings. The minimum absolute atomic E-state index is 0.224. The monoisotopic (exact) mass is 264 g/mol. The van der Waals surface area contributed by atoms with Crippen molar-refractivity contribution in [2.75, 3.05) is 18.6 Å². The lowest BCUT2D eigenvalue weighted by molar-refractivity contribution is 0.0956. The summed E-state index contributed by atoms with van der Waals surface area (Å²) in [5, 5.41) is 3.30. The number of carbonyl (C=O) groups excluding carboxylic acids is 1. The van der Waals surface area contributed by atoms with Gasteiger partial charge in [-0.15, -0.1) is 0 Å². The molecule has 6 heteroatoms. The van der Waals surface area contributed by atoms with Crippen molar-refractivity contribution in [3.05, 3.63) is 28.0 Å². The van der Waals surface area contributed by atoms with E-state index in [-0.39, 0.29) is 11.1 Å². The standard InChI is InChI=1S/C9H10Cl2N2OS/c1-15-3-2-12-9(14)6-4-8(11)13-5-7(6)10/h4-5H,2-3H2,1H3,(H,12,14). The molecule has 0 aliphatic carbocycles. The summed E-state index contributed by atoms with van der Waals surface area (Å²) >= 11 is 13.1.